The van der Waals surface area contributed by atoms with Gasteiger partial charge in [0.15, 0.2) is 0 Å². The highest BCUT2D eigenvalue weighted by molar-refractivity contribution is 5.69. The Labute approximate surface area is 152 Å². The van der Waals surface area contributed by atoms with Gasteiger partial charge in [-0.15, -0.1) is 11.8 Å². The summed E-state index contributed by atoms with van der Waals surface area (Å²) >= 11 is 0. The molecule has 0 saturated carbocycles. The van der Waals surface area contributed by atoms with Gasteiger partial charge in [0.2, 0.25) is 0 Å². The van der Waals surface area contributed by atoms with Crippen LogP contribution in [0.3, 0.4) is 0 Å². The molecule has 0 aromatic carbocycles. The molecule has 0 aliphatic carbocycles. The fourth-order valence-corrected chi connectivity index (χ4v) is 2.63. The van der Waals surface area contributed by atoms with E-state index >= 15 is 0 Å². The lowest BCUT2D eigenvalue weighted by Crippen LogP contribution is -2.19. The number of aliphatic hydroxyl groups excluding tert-OH is 1. The van der Waals surface area contributed by atoms with Crippen molar-refractivity contribution >= 4 is 5.97 Å². The summed E-state index contributed by atoms with van der Waals surface area (Å²) in [4.78, 5) is 11.0. The fraction of sp³-hybridized carbons (Fsp3) is 0.667. The molecule has 3 atom stereocenters. The molecule has 140 valence electrons. The molecule has 4 nitrogen and oxygen atoms in total. The monoisotopic (exact) mass is 348 g/mol. The summed E-state index contributed by atoms with van der Waals surface area (Å²) in [6.07, 6.45) is 15.3. The van der Waals surface area contributed by atoms with Crippen LogP contribution < -0.4 is 0 Å². The summed E-state index contributed by atoms with van der Waals surface area (Å²) in [5.41, 5.74) is 0. The second-order valence-electron chi connectivity index (χ2n) is 6.31. The second-order valence-corrected chi connectivity index (χ2v) is 6.31. The first kappa shape index (κ1) is 21.5. The van der Waals surface area contributed by atoms with Crippen molar-refractivity contribution in [3.05, 3.63) is 24.3 Å². The summed E-state index contributed by atoms with van der Waals surface area (Å²) in [7, 11) is 1.39. The Morgan fingerprint density at radius 1 is 1.28 bits per heavy atom. The largest absolute Gasteiger partial charge is 0.469 e. The Kier molecular flexibility index (Phi) is 11.8. The number of rotatable bonds is 10. The summed E-state index contributed by atoms with van der Waals surface area (Å²) in [5.74, 6) is 5.86. The van der Waals surface area contributed by atoms with E-state index in [1.807, 2.05) is 12.2 Å². The van der Waals surface area contributed by atoms with E-state index in [9.17, 15) is 9.90 Å². The average molecular weight is 348 g/mol. The van der Waals surface area contributed by atoms with E-state index in [4.69, 9.17) is 4.74 Å². The Bertz CT molecular complexity index is 484. The molecule has 1 saturated heterocycles. The van der Waals surface area contributed by atoms with Crippen molar-refractivity contribution in [2.45, 2.75) is 83.0 Å². The van der Waals surface area contributed by atoms with Crippen LogP contribution in [0.25, 0.3) is 0 Å². The Morgan fingerprint density at radius 3 is 2.88 bits per heavy atom. The minimum atomic E-state index is -0.465. The lowest BCUT2D eigenvalue weighted by Gasteiger charge is -2.09. The zero-order valence-corrected chi connectivity index (χ0v) is 15.6. The lowest BCUT2D eigenvalue weighted by molar-refractivity contribution is -0.140. The van der Waals surface area contributed by atoms with Gasteiger partial charge in [-0.3, -0.25) is 4.79 Å². The van der Waals surface area contributed by atoms with Crippen LogP contribution in [0.5, 0.6) is 0 Å². The maximum atomic E-state index is 11.0. The van der Waals surface area contributed by atoms with Crippen LogP contribution in [0.4, 0.5) is 0 Å². The van der Waals surface area contributed by atoms with Crippen molar-refractivity contribution in [3.63, 3.8) is 0 Å². The van der Waals surface area contributed by atoms with Gasteiger partial charge in [-0.2, -0.15) is 0 Å². The number of ether oxygens (including phenoxy) is 2. The van der Waals surface area contributed by atoms with Crippen molar-refractivity contribution in [2.24, 2.45) is 0 Å². The van der Waals surface area contributed by atoms with Gasteiger partial charge < -0.3 is 14.6 Å². The first-order valence-corrected chi connectivity index (χ1v) is 9.36. The van der Waals surface area contributed by atoms with E-state index in [0.717, 1.165) is 6.42 Å². The topological polar surface area (TPSA) is 55.8 Å². The molecule has 1 rings (SSSR count). The molecule has 25 heavy (non-hydrogen) atoms. The van der Waals surface area contributed by atoms with Gasteiger partial charge in [0.05, 0.1) is 25.4 Å². The molecule has 1 heterocycles. The summed E-state index contributed by atoms with van der Waals surface area (Å²) in [5, 5.41) is 10.1. The summed E-state index contributed by atoms with van der Waals surface area (Å²) in [6.45, 7) is 2.20. The number of aliphatic hydroxyl groups is 1. The van der Waals surface area contributed by atoms with Crippen molar-refractivity contribution in [3.8, 4) is 11.8 Å². The Hall–Kier alpha value is -1.57. The summed E-state index contributed by atoms with van der Waals surface area (Å²) in [6, 6.07) is 0. The molecular weight excluding hydrogens is 316 g/mol. The third kappa shape index (κ3) is 10.1. The number of hydrogen-bond donors (Lipinski definition) is 1. The van der Waals surface area contributed by atoms with Crippen molar-refractivity contribution in [1.29, 1.82) is 0 Å². The van der Waals surface area contributed by atoms with E-state index in [0.29, 0.717) is 32.1 Å². The zero-order chi connectivity index (χ0) is 18.3. The molecule has 0 aromatic heterocycles. The number of esters is 1. The molecule has 0 spiro atoms. The smallest absolute Gasteiger partial charge is 0.305 e. The third-order valence-electron chi connectivity index (χ3n) is 4.14. The standard InChI is InChI=1S/C21H32O4/c1-3-4-5-6-7-8-11-14-18-17-19(22)20(25-18)15-12-9-10-13-16-21(23)24-2/h7-8,11,14,18-20,22H,3-6,10,13,15-17H2,1-2H3/b8-7-,14-11+/t18-,19+,20-/m1/s1. The van der Waals surface area contributed by atoms with Gasteiger partial charge in [-0.1, -0.05) is 44.1 Å². The van der Waals surface area contributed by atoms with Crippen LogP contribution in [0.2, 0.25) is 0 Å². The molecule has 0 bridgehead atoms. The molecular formula is C21H32O4. The molecule has 1 N–H and O–H groups in total. The number of unbranched alkanes of at least 4 members (excludes halogenated alkanes) is 4. The zero-order valence-electron chi connectivity index (χ0n) is 15.6. The predicted octanol–water partition coefficient (Wildman–Crippen LogP) is 3.93. The van der Waals surface area contributed by atoms with E-state index < -0.39 is 6.10 Å². The third-order valence-corrected chi connectivity index (χ3v) is 4.14. The number of hydrogen-bond acceptors (Lipinski definition) is 4. The van der Waals surface area contributed by atoms with Crippen LogP contribution in [0, 0.1) is 11.8 Å². The molecule has 0 unspecified atom stereocenters. The van der Waals surface area contributed by atoms with Gasteiger partial charge in [0.25, 0.3) is 0 Å². The van der Waals surface area contributed by atoms with Crippen molar-refractivity contribution in [2.75, 3.05) is 7.11 Å². The van der Waals surface area contributed by atoms with Crippen LogP contribution in [-0.4, -0.2) is 36.5 Å². The van der Waals surface area contributed by atoms with Gasteiger partial charge >= 0.3 is 5.97 Å². The van der Waals surface area contributed by atoms with Crippen LogP contribution in [0.15, 0.2) is 24.3 Å². The minimum Gasteiger partial charge on any atom is -0.469 e. The second kappa shape index (κ2) is 13.7. The number of carbonyl (C=O) groups is 1. The highest BCUT2D eigenvalue weighted by Gasteiger charge is 2.31. The van der Waals surface area contributed by atoms with Crippen molar-refractivity contribution in [1.82, 2.24) is 0 Å². The molecule has 0 aromatic rings. The molecule has 1 aliphatic rings. The quantitative estimate of drug-likeness (QED) is 0.281. The minimum absolute atomic E-state index is 0.0404. The normalized spacial score (nSPS) is 23.1. The number of carbonyl (C=O) groups excluding carboxylic acids is 1. The maximum Gasteiger partial charge on any atom is 0.305 e. The van der Waals surface area contributed by atoms with Crippen LogP contribution in [-0.2, 0) is 14.3 Å². The van der Waals surface area contributed by atoms with Gasteiger partial charge in [-0.25, -0.2) is 0 Å². The Morgan fingerprint density at radius 2 is 2.12 bits per heavy atom. The molecule has 1 fully saturated rings. The number of allylic oxidation sites excluding steroid dienone is 3. The molecule has 0 radical (unpaired) electrons. The van der Waals surface area contributed by atoms with E-state index in [1.165, 1.54) is 26.4 Å². The maximum absolute atomic E-state index is 11.0. The highest BCUT2D eigenvalue weighted by Crippen LogP contribution is 2.23. The summed E-state index contributed by atoms with van der Waals surface area (Å²) < 4.78 is 10.4. The molecule has 4 heteroatoms. The lowest BCUT2D eigenvalue weighted by atomic mass is 10.1. The van der Waals surface area contributed by atoms with Gasteiger partial charge in [0.1, 0.15) is 0 Å². The number of methoxy groups -OCH3 is 1. The molecule has 0 amide bonds. The van der Waals surface area contributed by atoms with E-state index in [2.05, 4.69) is 35.7 Å². The first-order valence-electron chi connectivity index (χ1n) is 9.36. The Balaban J connectivity index is 2.21. The van der Waals surface area contributed by atoms with Gasteiger partial charge in [0, 0.05) is 25.7 Å². The average Bonchev–Trinajstić information content (AvgIpc) is 2.96. The van der Waals surface area contributed by atoms with Crippen LogP contribution >= 0.6 is 0 Å². The SMILES string of the molecule is CCCCC/C=C\C=C\[C@@H]1C[C@H](O)[C@@H](CC#CCCCC(=O)OC)O1. The predicted molar refractivity (Wildman–Crippen MR) is 100.0 cm³/mol. The fourth-order valence-electron chi connectivity index (χ4n) is 2.63. The van der Waals surface area contributed by atoms with E-state index in [1.54, 1.807) is 0 Å². The van der Waals surface area contributed by atoms with Crippen molar-refractivity contribution < 1.29 is 19.4 Å². The van der Waals surface area contributed by atoms with Crippen LogP contribution in [0.1, 0.15) is 64.7 Å². The molecule has 1 aliphatic heterocycles. The first-order chi connectivity index (χ1) is 12.2. The van der Waals surface area contributed by atoms with Gasteiger partial charge in [-0.05, 0) is 19.3 Å². The highest BCUT2D eigenvalue weighted by atomic mass is 16.5. The van der Waals surface area contributed by atoms with E-state index in [-0.39, 0.29) is 18.2 Å².